The van der Waals surface area contributed by atoms with Crippen molar-refractivity contribution in [3.8, 4) is 0 Å². The summed E-state index contributed by atoms with van der Waals surface area (Å²) in [6, 6.07) is 0. The van der Waals surface area contributed by atoms with E-state index in [4.69, 9.17) is 0 Å². The van der Waals surface area contributed by atoms with Gasteiger partial charge < -0.3 is 4.74 Å². The lowest BCUT2D eigenvalue weighted by Gasteiger charge is -2.09. The molecule has 0 bridgehead atoms. The number of methoxy groups -OCH3 is 1. The number of carbonyl (C=O) groups is 2. The topological polar surface area (TPSA) is 72.4 Å². The Kier molecular flexibility index (Phi) is 4.81. The van der Waals surface area contributed by atoms with E-state index in [1.807, 2.05) is 5.38 Å². The molecule has 0 aliphatic heterocycles. The van der Waals surface area contributed by atoms with Crippen LogP contribution in [0.25, 0.3) is 12.2 Å². The third-order valence-electron chi connectivity index (χ3n) is 2.58. The Morgan fingerprint density at radius 2 is 2.14 bits per heavy atom. The van der Waals surface area contributed by atoms with E-state index in [1.54, 1.807) is 19.2 Å². The Bertz CT molecular complexity index is 690. The monoisotopic (exact) mass is 323 g/mol. The van der Waals surface area contributed by atoms with Crippen LogP contribution in [0.2, 0.25) is 0 Å². The fraction of sp³-hybridized carbons (Fsp3) is 0.231. The van der Waals surface area contributed by atoms with Crippen LogP contribution in [0.4, 0.5) is 5.13 Å². The van der Waals surface area contributed by atoms with E-state index < -0.39 is 5.97 Å². The first-order valence-electron chi connectivity index (χ1n) is 5.93. The van der Waals surface area contributed by atoms with Crippen LogP contribution in [0.5, 0.6) is 0 Å². The summed E-state index contributed by atoms with van der Waals surface area (Å²) >= 11 is 2.63. The van der Waals surface area contributed by atoms with Crippen molar-refractivity contribution in [3.05, 3.63) is 27.2 Å². The molecule has 110 valence electrons. The quantitative estimate of drug-likeness (QED) is 0.809. The highest BCUT2D eigenvalue weighted by Gasteiger charge is 2.10. The maximum absolute atomic E-state index is 11.3. The van der Waals surface area contributed by atoms with Crippen LogP contribution in [-0.2, 0) is 9.53 Å². The first kappa shape index (κ1) is 15.3. The highest BCUT2D eigenvalue weighted by Crippen LogP contribution is 2.22. The Labute approximate surface area is 129 Å². The molecule has 6 nitrogen and oxygen atoms in total. The predicted molar refractivity (Wildman–Crippen MR) is 83.6 cm³/mol. The normalized spacial score (nSPS) is 10.8. The SMILES string of the molecule is COC(=O)c1cnc(/C=C/c2csc(N(C)C(C)=O)n2)s1. The van der Waals surface area contributed by atoms with Gasteiger partial charge in [0.2, 0.25) is 5.91 Å². The number of hydrogen-bond donors (Lipinski definition) is 0. The summed E-state index contributed by atoms with van der Waals surface area (Å²) in [7, 11) is 3.01. The Balaban J connectivity index is 2.09. The molecule has 0 radical (unpaired) electrons. The summed E-state index contributed by atoms with van der Waals surface area (Å²) < 4.78 is 4.62. The van der Waals surface area contributed by atoms with Gasteiger partial charge in [-0.25, -0.2) is 14.8 Å². The molecule has 0 unspecified atom stereocenters. The van der Waals surface area contributed by atoms with Crippen molar-refractivity contribution in [1.82, 2.24) is 9.97 Å². The number of amides is 1. The molecule has 0 aliphatic carbocycles. The molecule has 0 N–H and O–H groups in total. The number of nitrogens with zero attached hydrogens (tertiary/aromatic N) is 3. The Hall–Kier alpha value is -2.06. The average molecular weight is 323 g/mol. The van der Waals surface area contributed by atoms with E-state index in [0.29, 0.717) is 15.0 Å². The van der Waals surface area contributed by atoms with Gasteiger partial charge in [0.15, 0.2) is 5.13 Å². The van der Waals surface area contributed by atoms with Crippen molar-refractivity contribution in [2.75, 3.05) is 19.1 Å². The van der Waals surface area contributed by atoms with Gasteiger partial charge in [-0.3, -0.25) is 9.69 Å². The average Bonchev–Trinajstić information content (AvgIpc) is 3.12. The number of rotatable bonds is 4. The molecule has 21 heavy (non-hydrogen) atoms. The lowest BCUT2D eigenvalue weighted by atomic mass is 10.4. The number of anilines is 1. The van der Waals surface area contributed by atoms with E-state index in [2.05, 4.69) is 14.7 Å². The first-order valence-corrected chi connectivity index (χ1v) is 7.63. The van der Waals surface area contributed by atoms with Gasteiger partial charge in [0, 0.05) is 19.4 Å². The molecule has 2 aromatic heterocycles. The Morgan fingerprint density at radius 1 is 1.38 bits per heavy atom. The molecule has 0 atom stereocenters. The lowest BCUT2D eigenvalue weighted by molar-refractivity contribution is -0.116. The summed E-state index contributed by atoms with van der Waals surface area (Å²) in [5.41, 5.74) is 0.734. The molecule has 0 fully saturated rings. The summed E-state index contributed by atoms with van der Waals surface area (Å²) in [6.45, 7) is 1.49. The van der Waals surface area contributed by atoms with Gasteiger partial charge >= 0.3 is 5.97 Å². The van der Waals surface area contributed by atoms with Crippen molar-refractivity contribution in [2.24, 2.45) is 0 Å². The summed E-state index contributed by atoms with van der Waals surface area (Å²) in [4.78, 5) is 32.9. The number of carbonyl (C=O) groups excluding carboxylic acids is 2. The van der Waals surface area contributed by atoms with E-state index in [9.17, 15) is 9.59 Å². The van der Waals surface area contributed by atoms with Crippen LogP contribution in [-0.4, -0.2) is 36.0 Å². The second-order valence-corrected chi connectivity index (χ2v) is 5.92. The van der Waals surface area contributed by atoms with Gasteiger partial charge in [-0.05, 0) is 12.2 Å². The lowest BCUT2D eigenvalue weighted by Crippen LogP contribution is -2.22. The number of esters is 1. The zero-order chi connectivity index (χ0) is 15.4. The Morgan fingerprint density at radius 3 is 2.81 bits per heavy atom. The predicted octanol–water partition coefficient (Wildman–Crippen LogP) is 2.54. The molecule has 0 spiro atoms. The molecule has 2 heterocycles. The minimum absolute atomic E-state index is 0.0671. The molecule has 0 saturated heterocycles. The molecule has 0 aliphatic rings. The van der Waals surface area contributed by atoms with E-state index in [0.717, 1.165) is 5.69 Å². The van der Waals surface area contributed by atoms with E-state index >= 15 is 0 Å². The van der Waals surface area contributed by atoms with Gasteiger partial charge in [-0.2, -0.15) is 0 Å². The van der Waals surface area contributed by atoms with Crippen LogP contribution in [0.1, 0.15) is 27.3 Å². The third kappa shape index (κ3) is 3.73. The van der Waals surface area contributed by atoms with Crippen molar-refractivity contribution < 1.29 is 14.3 Å². The number of hydrogen-bond acceptors (Lipinski definition) is 7. The minimum atomic E-state index is -0.397. The fourth-order valence-corrected chi connectivity index (χ4v) is 2.90. The van der Waals surface area contributed by atoms with Gasteiger partial charge in [0.05, 0.1) is 19.0 Å². The maximum Gasteiger partial charge on any atom is 0.349 e. The molecule has 8 heteroatoms. The highest BCUT2D eigenvalue weighted by atomic mass is 32.1. The van der Waals surface area contributed by atoms with E-state index in [-0.39, 0.29) is 5.91 Å². The zero-order valence-corrected chi connectivity index (χ0v) is 13.3. The van der Waals surface area contributed by atoms with Crippen molar-refractivity contribution >= 4 is 51.8 Å². The minimum Gasteiger partial charge on any atom is -0.465 e. The summed E-state index contributed by atoms with van der Waals surface area (Å²) in [6.07, 6.45) is 5.03. The summed E-state index contributed by atoms with van der Waals surface area (Å²) in [5.74, 6) is -0.464. The van der Waals surface area contributed by atoms with Crippen molar-refractivity contribution in [3.63, 3.8) is 0 Å². The van der Waals surface area contributed by atoms with Gasteiger partial charge in [-0.15, -0.1) is 22.7 Å². The van der Waals surface area contributed by atoms with Crippen molar-refractivity contribution in [1.29, 1.82) is 0 Å². The fourth-order valence-electron chi connectivity index (χ4n) is 1.36. The van der Waals surface area contributed by atoms with Crippen molar-refractivity contribution in [2.45, 2.75) is 6.92 Å². The number of ether oxygens (including phenoxy) is 1. The van der Waals surface area contributed by atoms with Crippen LogP contribution >= 0.6 is 22.7 Å². The molecule has 0 saturated carbocycles. The molecular formula is C13H13N3O3S2. The second kappa shape index (κ2) is 6.59. The molecular weight excluding hydrogens is 310 g/mol. The van der Waals surface area contributed by atoms with Crippen LogP contribution < -0.4 is 4.90 Å². The largest absolute Gasteiger partial charge is 0.465 e. The number of aromatic nitrogens is 2. The standard InChI is InChI=1S/C13H13N3O3S2/c1-8(17)16(2)13-15-9(7-20-13)4-5-11-14-6-10(21-11)12(18)19-3/h4-7H,1-3H3/b5-4+. The summed E-state index contributed by atoms with van der Waals surface area (Å²) in [5, 5.41) is 3.17. The van der Waals surface area contributed by atoms with E-state index in [1.165, 1.54) is 47.8 Å². The van der Waals surface area contributed by atoms with Crippen LogP contribution in [0.15, 0.2) is 11.6 Å². The zero-order valence-electron chi connectivity index (χ0n) is 11.7. The molecule has 1 amide bonds. The van der Waals surface area contributed by atoms with Gasteiger partial charge in [0.1, 0.15) is 9.88 Å². The maximum atomic E-state index is 11.3. The third-order valence-corrected chi connectivity index (χ3v) is 4.45. The van der Waals surface area contributed by atoms with Gasteiger partial charge in [0.25, 0.3) is 0 Å². The second-order valence-electron chi connectivity index (χ2n) is 4.02. The van der Waals surface area contributed by atoms with Crippen LogP contribution in [0.3, 0.4) is 0 Å². The first-order chi connectivity index (χ1) is 10.0. The molecule has 0 aromatic carbocycles. The number of thiazole rings is 2. The van der Waals surface area contributed by atoms with Crippen LogP contribution in [0, 0.1) is 0 Å². The van der Waals surface area contributed by atoms with Gasteiger partial charge in [-0.1, -0.05) is 0 Å². The highest BCUT2D eigenvalue weighted by molar-refractivity contribution is 7.14. The molecule has 2 aromatic rings. The molecule has 2 rings (SSSR count). The smallest absolute Gasteiger partial charge is 0.349 e.